The standard InChI is InChI=1S/C19H22ClN3O3/c1-10(17-11(2)22-26-12(17)3)19(25)21-15-9-16(24)23(4)18(15)13-5-7-14(20)8-6-13/h5-8,10,15,18H,9H2,1-4H3,(H,21,25)/t10-,15-,18-/m0/s1. The van der Waals surface area contributed by atoms with Crippen LogP contribution in [0.4, 0.5) is 0 Å². The number of rotatable bonds is 4. The Hall–Kier alpha value is -2.34. The van der Waals surface area contributed by atoms with Gasteiger partial charge in [-0.25, -0.2) is 0 Å². The van der Waals surface area contributed by atoms with Crippen molar-refractivity contribution in [2.75, 3.05) is 7.05 Å². The van der Waals surface area contributed by atoms with Crippen LogP contribution < -0.4 is 5.32 Å². The van der Waals surface area contributed by atoms with Crippen LogP contribution in [0.2, 0.25) is 5.02 Å². The molecule has 1 aromatic heterocycles. The van der Waals surface area contributed by atoms with Crippen molar-refractivity contribution in [1.82, 2.24) is 15.4 Å². The summed E-state index contributed by atoms with van der Waals surface area (Å²) in [5.74, 6) is 0.0823. The molecule has 1 aliphatic heterocycles. The molecule has 1 fully saturated rings. The zero-order valence-electron chi connectivity index (χ0n) is 15.2. The molecule has 1 aromatic carbocycles. The maximum Gasteiger partial charge on any atom is 0.227 e. The molecule has 1 aliphatic rings. The summed E-state index contributed by atoms with van der Waals surface area (Å²) in [6.45, 7) is 5.43. The van der Waals surface area contributed by atoms with E-state index >= 15 is 0 Å². The second-order valence-electron chi connectivity index (χ2n) is 6.78. The summed E-state index contributed by atoms with van der Waals surface area (Å²) in [5, 5.41) is 7.59. The Morgan fingerprint density at radius 2 is 2.00 bits per heavy atom. The van der Waals surface area contributed by atoms with E-state index in [1.807, 2.05) is 26.0 Å². The molecular formula is C19H22ClN3O3. The number of carbonyl (C=O) groups is 2. The van der Waals surface area contributed by atoms with Crippen molar-refractivity contribution < 1.29 is 14.1 Å². The van der Waals surface area contributed by atoms with Gasteiger partial charge in [0, 0.05) is 24.1 Å². The molecule has 7 heteroatoms. The zero-order chi connectivity index (χ0) is 19.0. The summed E-state index contributed by atoms with van der Waals surface area (Å²) in [5.41, 5.74) is 2.44. The predicted molar refractivity (Wildman–Crippen MR) is 97.9 cm³/mol. The van der Waals surface area contributed by atoms with Crippen LogP contribution in [0.25, 0.3) is 0 Å². The summed E-state index contributed by atoms with van der Waals surface area (Å²) >= 11 is 5.97. The smallest absolute Gasteiger partial charge is 0.227 e. The lowest BCUT2D eigenvalue weighted by Gasteiger charge is -2.27. The van der Waals surface area contributed by atoms with Crippen LogP contribution in [0.1, 0.15) is 47.9 Å². The molecular weight excluding hydrogens is 354 g/mol. The van der Waals surface area contributed by atoms with Gasteiger partial charge in [-0.2, -0.15) is 0 Å². The minimum atomic E-state index is -0.409. The van der Waals surface area contributed by atoms with Crippen LogP contribution in [0.15, 0.2) is 28.8 Å². The molecule has 26 heavy (non-hydrogen) atoms. The molecule has 3 atom stereocenters. The first-order valence-electron chi connectivity index (χ1n) is 8.54. The van der Waals surface area contributed by atoms with Gasteiger partial charge in [0.25, 0.3) is 0 Å². The number of aryl methyl sites for hydroxylation is 2. The van der Waals surface area contributed by atoms with Crippen molar-refractivity contribution in [1.29, 1.82) is 0 Å². The Morgan fingerprint density at radius 1 is 1.35 bits per heavy atom. The maximum atomic E-state index is 12.8. The van der Waals surface area contributed by atoms with E-state index in [0.717, 1.165) is 11.1 Å². The van der Waals surface area contributed by atoms with Crippen molar-refractivity contribution >= 4 is 23.4 Å². The van der Waals surface area contributed by atoms with E-state index in [4.69, 9.17) is 16.1 Å². The van der Waals surface area contributed by atoms with Gasteiger partial charge in [-0.15, -0.1) is 0 Å². The summed E-state index contributed by atoms with van der Waals surface area (Å²) in [7, 11) is 1.76. The number of likely N-dealkylation sites (N-methyl/N-ethyl adjacent to an activating group) is 1. The Bertz CT molecular complexity index is 812. The number of hydrogen-bond donors (Lipinski definition) is 1. The minimum absolute atomic E-state index is 0.000224. The number of benzene rings is 1. The number of aromatic nitrogens is 1. The van der Waals surface area contributed by atoms with Gasteiger partial charge in [-0.05, 0) is 38.5 Å². The molecule has 6 nitrogen and oxygen atoms in total. The monoisotopic (exact) mass is 375 g/mol. The molecule has 3 rings (SSSR count). The highest BCUT2D eigenvalue weighted by molar-refractivity contribution is 6.30. The number of halogens is 1. The maximum absolute atomic E-state index is 12.8. The molecule has 138 valence electrons. The highest BCUT2D eigenvalue weighted by atomic mass is 35.5. The van der Waals surface area contributed by atoms with Crippen LogP contribution in [-0.2, 0) is 9.59 Å². The number of carbonyl (C=O) groups excluding carboxylic acids is 2. The Labute approximate surface area is 157 Å². The van der Waals surface area contributed by atoms with Gasteiger partial charge in [0.1, 0.15) is 5.76 Å². The van der Waals surface area contributed by atoms with Crippen LogP contribution in [-0.4, -0.2) is 35.0 Å². The fourth-order valence-corrected chi connectivity index (χ4v) is 3.79. The van der Waals surface area contributed by atoms with Gasteiger partial charge in [0.05, 0.1) is 23.7 Å². The van der Waals surface area contributed by atoms with Crippen molar-refractivity contribution in [3.8, 4) is 0 Å². The lowest BCUT2D eigenvalue weighted by Crippen LogP contribution is -2.41. The largest absolute Gasteiger partial charge is 0.361 e. The topological polar surface area (TPSA) is 75.4 Å². The summed E-state index contributed by atoms with van der Waals surface area (Å²) in [6, 6.07) is 6.83. The first-order chi connectivity index (χ1) is 12.3. The van der Waals surface area contributed by atoms with E-state index in [1.165, 1.54) is 0 Å². The average Bonchev–Trinajstić information content (AvgIpc) is 3.07. The summed E-state index contributed by atoms with van der Waals surface area (Å²) < 4.78 is 5.17. The quantitative estimate of drug-likeness (QED) is 0.890. The first kappa shape index (κ1) is 18.5. The Morgan fingerprint density at radius 3 is 2.58 bits per heavy atom. The van der Waals surface area contributed by atoms with Crippen LogP contribution in [0.3, 0.4) is 0 Å². The van der Waals surface area contributed by atoms with Crippen molar-refractivity contribution in [3.63, 3.8) is 0 Å². The third-order valence-corrected chi connectivity index (χ3v) is 5.29. The molecule has 0 saturated carbocycles. The predicted octanol–water partition coefficient (Wildman–Crippen LogP) is 3.14. The second kappa shape index (κ2) is 7.11. The third kappa shape index (κ3) is 3.33. The van der Waals surface area contributed by atoms with E-state index in [-0.39, 0.29) is 30.3 Å². The number of amides is 2. The van der Waals surface area contributed by atoms with E-state index < -0.39 is 5.92 Å². The van der Waals surface area contributed by atoms with Crippen molar-refractivity contribution in [3.05, 3.63) is 51.9 Å². The highest BCUT2D eigenvalue weighted by Crippen LogP contribution is 2.33. The third-order valence-electron chi connectivity index (χ3n) is 5.04. The minimum Gasteiger partial charge on any atom is -0.361 e. The van der Waals surface area contributed by atoms with Gasteiger partial charge in [-0.1, -0.05) is 28.9 Å². The van der Waals surface area contributed by atoms with Crippen LogP contribution in [0.5, 0.6) is 0 Å². The second-order valence-corrected chi connectivity index (χ2v) is 7.22. The molecule has 2 aromatic rings. The first-order valence-corrected chi connectivity index (χ1v) is 8.91. The van der Waals surface area contributed by atoms with Crippen molar-refractivity contribution in [2.24, 2.45) is 0 Å². The lowest BCUT2D eigenvalue weighted by atomic mass is 9.96. The highest BCUT2D eigenvalue weighted by Gasteiger charge is 2.40. The zero-order valence-corrected chi connectivity index (χ0v) is 16.0. The molecule has 0 spiro atoms. The van der Waals surface area contributed by atoms with E-state index in [0.29, 0.717) is 16.5 Å². The molecule has 2 heterocycles. The van der Waals surface area contributed by atoms with Crippen LogP contribution >= 0.6 is 11.6 Å². The van der Waals surface area contributed by atoms with Gasteiger partial charge in [0.2, 0.25) is 11.8 Å². The summed E-state index contributed by atoms with van der Waals surface area (Å²) in [6.07, 6.45) is 0.268. The summed E-state index contributed by atoms with van der Waals surface area (Å²) in [4.78, 5) is 26.7. The number of hydrogen-bond acceptors (Lipinski definition) is 4. The van der Waals surface area contributed by atoms with Gasteiger partial charge in [-0.3, -0.25) is 9.59 Å². The average molecular weight is 376 g/mol. The Kier molecular flexibility index (Phi) is 5.05. The SMILES string of the molecule is Cc1noc(C)c1[C@H](C)C(=O)N[C@H]1CC(=O)N(C)[C@H]1c1ccc(Cl)cc1. The molecule has 2 amide bonds. The number of nitrogens with one attached hydrogen (secondary N) is 1. The molecule has 0 unspecified atom stereocenters. The fourth-order valence-electron chi connectivity index (χ4n) is 3.66. The number of likely N-dealkylation sites (tertiary alicyclic amines) is 1. The van der Waals surface area contributed by atoms with E-state index in [9.17, 15) is 9.59 Å². The molecule has 1 saturated heterocycles. The van der Waals surface area contributed by atoms with Gasteiger partial charge < -0.3 is 14.7 Å². The fraction of sp³-hybridized carbons (Fsp3) is 0.421. The van der Waals surface area contributed by atoms with E-state index in [1.54, 1.807) is 31.0 Å². The lowest BCUT2D eigenvalue weighted by molar-refractivity contribution is -0.127. The van der Waals surface area contributed by atoms with Gasteiger partial charge in [0.15, 0.2) is 0 Å². The molecule has 0 radical (unpaired) electrons. The number of nitrogens with zero attached hydrogens (tertiary/aromatic N) is 2. The Balaban J connectivity index is 1.81. The van der Waals surface area contributed by atoms with Gasteiger partial charge >= 0.3 is 0 Å². The van der Waals surface area contributed by atoms with E-state index in [2.05, 4.69) is 10.5 Å². The normalized spacial score (nSPS) is 21.1. The van der Waals surface area contributed by atoms with Crippen molar-refractivity contribution in [2.45, 2.75) is 45.2 Å². The molecule has 1 N–H and O–H groups in total. The molecule has 0 aliphatic carbocycles. The molecule has 0 bridgehead atoms. The van der Waals surface area contributed by atoms with Crippen LogP contribution in [0, 0.1) is 13.8 Å².